The molecular formula is C26H25BrN4O4S. The van der Waals surface area contributed by atoms with Gasteiger partial charge in [0.1, 0.15) is 5.75 Å². The highest BCUT2D eigenvalue weighted by Crippen LogP contribution is 2.26. The number of nitrogens with one attached hydrogen (secondary N) is 4. The summed E-state index contributed by atoms with van der Waals surface area (Å²) in [6.45, 7) is 2.68. The summed E-state index contributed by atoms with van der Waals surface area (Å²) < 4.78 is 6.32. The van der Waals surface area contributed by atoms with Gasteiger partial charge >= 0.3 is 0 Å². The first-order chi connectivity index (χ1) is 17.4. The number of hydrazine groups is 1. The number of anilines is 1. The SMILES string of the molecule is CCCCOc1ccc(C(=O)NC(=S)NNC(=O)c2ccc(NC(=O)c3ccccc3)cc2)cc1Br. The van der Waals surface area contributed by atoms with E-state index in [-0.39, 0.29) is 11.0 Å². The van der Waals surface area contributed by atoms with Crippen LogP contribution in [0.5, 0.6) is 5.75 Å². The number of carbonyl (C=O) groups is 3. The Hall–Kier alpha value is -3.76. The van der Waals surface area contributed by atoms with Crippen molar-refractivity contribution in [2.24, 2.45) is 0 Å². The molecule has 0 radical (unpaired) electrons. The van der Waals surface area contributed by atoms with Crippen LogP contribution < -0.4 is 26.2 Å². The summed E-state index contributed by atoms with van der Waals surface area (Å²) in [7, 11) is 0. The molecular weight excluding hydrogens is 544 g/mol. The van der Waals surface area contributed by atoms with Gasteiger partial charge in [0.2, 0.25) is 0 Å². The molecule has 0 aliphatic carbocycles. The fourth-order valence-corrected chi connectivity index (χ4v) is 3.61. The van der Waals surface area contributed by atoms with Crippen LogP contribution in [0.25, 0.3) is 0 Å². The van der Waals surface area contributed by atoms with Crippen LogP contribution in [0.3, 0.4) is 0 Å². The first kappa shape index (κ1) is 26.8. The molecule has 0 spiro atoms. The highest BCUT2D eigenvalue weighted by molar-refractivity contribution is 9.10. The minimum atomic E-state index is -0.469. The Morgan fingerprint density at radius 3 is 2.17 bits per heavy atom. The molecule has 0 aliphatic heterocycles. The van der Waals surface area contributed by atoms with Crippen molar-refractivity contribution in [1.29, 1.82) is 0 Å². The Morgan fingerprint density at radius 2 is 1.50 bits per heavy atom. The van der Waals surface area contributed by atoms with Crippen LogP contribution in [0.1, 0.15) is 50.8 Å². The van der Waals surface area contributed by atoms with E-state index in [1.165, 1.54) is 0 Å². The fraction of sp³-hybridized carbons (Fsp3) is 0.154. The number of hydrogen-bond donors (Lipinski definition) is 4. The lowest BCUT2D eigenvalue weighted by molar-refractivity contribution is 0.0934. The normalized spacial score (nSPS) is 10.2. The number of thiocarbonyl (C=S) groups is 1. The minimum absolute atomic E-state index is 0.0699. The number of hydrogen-bond acceptors (Lipinski definition) is 5. The molecule has 3 aromatic rings. The maximum Gasteiger partial charge on any atom is 0.269 e. The molecule has 0 aromatic heterocycles. The van der Waals surface area contributed by atoms with E-state index < -0.39 is 11.8 Å². The van der Waals surface area contributed by atoms with Gasteiger partial charge in [-0.3, -0.25) is 30.6 Å². The van der Waals surface area contributed by atoms with E-state index in [1.54, 1.807) is 66.7 Å². The van der Waals surface area contributed by atoms with Gasteiger partial charge in [-0.25, -0.2) is 0 Å². The van der Waals surface area contributed by atoms with Crippen LogP contribution in [-0.4, -0.2) is 29.4 Å². The number of rotatable bonds is 8. The minimum Gasteiger partial charge on any atom is -0.492 e. The van der Waals surface area contributed by atoms with Gasteiger partial charge in [0.25, 0.3) is 17.7 Å². The molecule has 0 unspecified atom stereocenters. The maximum absolute atomic E-state index is 12.5. The lowest BCUT2D eigenvalue weighted by atomic mass is 10.1. The van der Waals surface area contributed by atoms with Crippen LogP contribution in [0.15, 0.2) is 77.3 Å². The Labute approximate surface area is 222 Å². The summed E-state index contributed by atoms with van der Waals surface area (Å²) in [4.78, 5) is 37.1. The molecule has 0 fully saturated rings. The molecule has 3 amide bonds. The van der Waals surface area contributed by atoms with Gasteiger partial charge in [0, 0.05) is 22.4 Å². The Kier molecular flexibility index (Phi) is 9.96. The molecule has 0 bridgehead atoms. The number of carbonyl (C=O) groups excluding carboxylic acids is 3. The van der Waals surface area contributed by atoms with E-state index in [1.807, 2.05) is 6.07 Å². The smallest absolute Gasteiger partial charge is 0.269 e. The topological polar surface area (TPSA) is 109 Å². The van der Waals surface area contributed by atoms with E-state index in [9.17, 15) is 14.4 Å². The van der Waals surface area contributed by atoms with Crippen molar-refractivity contribution in [3.8, 4) is 5.75 Å². The molecule has 0 aliphatic rings. The first-order valence-electron chi connectivity index (χ1n) is 11.2. The van der Waals surface area contributed by atoms with E-state index in [2.05, 4.69) is 44.3 Å². The number of unbranched alkanes of at least 4 members (excludes halogenated alkanes) is 1. The van der Waals surface area contributed by atoms with Crippen molar-refractivity contribution in [2.45, 2.75) is 19.8 Å². The van der Waals surface area contributed by atoms with Gasteiger partial charge in [-0.15, -0.1) is 0 Å². The first-order valence-corrected chi connectivity index (χ1v) is 12.4. The van der Waals surface area contributed by atoms with Crippen molar-refractivity contribution in [3.05, 3.63) is 94.0 Å². The second-order valence-electron chi connectivity index (χ2n) is 7.61. The monoisotopic (exact) mass is 568 g/mol. The average molecular weight is 569 g/mol. The van der Waals surface area contributed by atoms with Crippen LogP contribution in [0.4, 0.5) is 5.69 Å². The quantitative estimate of drug-likeness (QED) is 0.176. The fourth-order valence-electron chi connectivity index (χ4n) is 2.98. The zero-order valence-electron chi connectivity index (χ0n) is 19.5. The zero-order valence-corrected chi connectivity index (χ0v) is 21.9. The van der Waals surface area contributed by atoms with Crippen molar-refractivity contribution < 1.29 is 19.1 Å². The molecule has 4 N–H and O–H groups in total. The maximum atomic E-state index is 12.5. The van der Waals surface area contributed by atoms with Crippen molar-refractivity contribution in [3.63, 3.8) is 0 Å². The van der Waals surface area contributed by atoms with Gasteiger partial charge < -0.3 is 10.1 Å². The molecule has 0 saturated heterocycles. The summed E-state index contributed by atoms with van der Waals surface area (Å²) in [5.74, 6) is -0.509. The third-order valence-electron chi connectivity index (χ3n) is 4.91. The molecule has 10 heteroatoms. The largest absolute Gasteiger partial charge is 0.492 e. The van der Waals surface area contributed by atoms with E-state index in [4.69, 9.17) is 17.0 Å². The molecule has 0 heterocycles. The van der Waals surface area contributed by atoms with Crippen molar-refractivity contribution >= 4 is 56.7 Å². The van der Waals surface area contributed by atoms with Gasteiger partial charge in [-0.1, -0.05) is 31.5 Å². The van der Waals surface area contributed by atoms with E-state index >= 15 is 0 Å². The van der Waals surface area contributed by atoms with Crippen LogP contribution >= 0.6 is 28.1 Å². The second-order valence-corrected chi connectivity index (χ2v) is 8.87. The zero-order chi connectivity index (χ0) is 25.9. The van der Waals surface area contributed by atoms with Crippen LogP contribution in [0, 0.1) is 0 Å². The summed E-state index contributed by atoms with van der Waals surface area (Å²) >= 11 is 8.51. The predicted octanol–water partition coefficient (Wildman–Crippen LogP) is 4.83. The predicted molar refractivity (Wildman–Crippen MR) is 146 cm³/mol. The lowest BCUT2D eigenvalue weighted by Crippen LogP contribution is -2.48. The molecule has 8 nitrogen and oxygen atoms in total. The van der Waals surface area contributed by atoms with Gasteiger partial charge in [0.05, 0.1) is 11.1 Å². The third-order valence-corrected chi connectivity index (χ3v) is 5.73. The molecule has 186 valence electrons. The number of amides is 3. The Bertz CT molecular complexity index is 1240. The molecule has 3 rings (SSSR count). The van der Waals surface area contributed by atoms with Crippen LogP contribution in [-0.2, 0) is 0 Å². The number of benzene rings is 3. The molecule has 0 atom stereocenters. The highest BCUT2D eigenvalue weighted by atomic mass is 79.9. The number of halogens is 1. The lowest BCUT2D eigenvalue weighted by Gasteiger charge is -2.12. The van der Waals surface area contributed by atoms with Gasteiger partial charge in [0.15, 0.2) is 5.11 Å². The van der Waals surface area contributed by atoms with E-state index in [0.29, 0.717) is 39.2 Å². The third kappa shape index (κ3) is 7.89. The summed E-state index contributed by atoms with van der Waals surface area (Å²) in [5, 5.41) is 5.20. The van der Waals surface area contributed by atoms with Crippen molar-refractivity contribution in [1.82, 2.24) is 16.2 Å². The summed E-state index contributed by atoms with van der Waals surface area (Å²) in [6, 6.07) is 20.1. The highest BCUT2D eigenvalue weighted by Gasteiger charge is 2.12. The standard InChI is InChI=1S/C26H25BrN4O4S/c1-2-3-15-35-22-14-11-19(16-21(22)27)24(33)29-26(36)31-30-25(34)18-9-12-20(13-10-18)28-23(32)17-7-5-4-6-8-17/h4-14,16H,2-3,15H2,1H3,(H,28,32)(H,30,34)(H2,29,31,33,36). The van der Waals surface area contributed by atoms with Crippen LogP contribution in [0.2, 0.25) is 0 Å². The Balaban J connectivity index is 1.47. The van der Waals surface area contributed by atoms with E-state index in [0.717, 1.165) is 12.8 Å². The van der Waals surface area contributed by atoms with Gasteiger partial charge in [-0.2, -0.15) is 0 Å². The molecule has 0 saturated carbocycles. The number of ether oxygens (including phenoxy) is 1. The van der Waals surface area contributed by atoms with Gasteiger partial charge in [-0.05, 0) is 89.2 Å². The Morgan fingerprint density at radius 1 is 0.833 bits per heavy atom. The second kappa shape index (κ2) is 13.4. The summed E-state index contributed by atoms with van der Waals surface area (Å²) in [6.07, 6.45) is 1.96. The molecule has 3 aromatic carbocycles. The molecule has 36 heavy (non-hydrogen) atoms. The summed E-state index contributed by atoms with van der Waals surface area (Å²) in [5.41, 5.74) is 6.71. The average Bonchev–Trinajstić information content (AvgIpc) is 2.89. The van der Waals surface area contributed by atoms with Crippen molar-refractivity contribution in [2.75, 3.05) is 11.9 Å².